The van der Waals surface area contributed by atoms with Crippen molar-refractivity contribution in [1.29, 1.82) is 0 Å². The highest BCUT2D eigenvalue weighted by Gasteiger charge is 2.21. The van der Waals surface area contributed by atoms with Crippen molar-refractivity contribution in [3.63, 3.8) is 0 Å². The third kappa shape index (κ3) is 3.25. The Bertz CT molecular complexity index is 796. The van der Waals surface area contributed by atoms with E-state index in [0.29, 0.717) is 28.6 Å². The van der Waals surface area contributed by atoms with E-state index in [2.05, 4.69) is 14.9 Å². The van der Waals surface area contributed by atoms with Crippen molar-refractivity contribution in [2.45, 2.75) is 18.7 Å². The van der Waals surface area contributed by atoms with Crippen LogP contribution >= 0.6 is 0 Å². The highest BCUT2D eigenvalue weighted by atomic mass is 32.2. The molecule has 0 bridgehead atoms. The molecule has 1 aromatic carbocycles. The van der Waals surface area contributed by atoms with E-state index in [-0.39, 0.29) is 24.8 Å². The molecule has 0 unspecified atom stereocenters. The normalized spacial score (nSPS) is 13.3. The lowest BCUT2D eigenvalue weighted by molar-refractivity contribution is 0.173. The van der Waals surface area contributed by atoms with Crippen LogP contribution in [-0.2, 0) is 10.0 Å². The van der Waals surface area contributed by atoms with E-state index >= 15 is 0 Å². The maximum Gasteiger partial charge on any atom is 0.244 e. The van der Waals surface area contributed by atoms with E-state index in [9.17, 15) is 8.42 Å². The number of ether oxygens (including phenoxy) is 3. The van der Waals surface area contributed by atoms with E-state index in [0.717, 1.165) is 0 Å². The predicted octanol–water partition coefficient (Wildman–Crippen LogP) is 1.11. The van der Waals surface area contributed by atoms with Gasteiger partial charge >= 0.3 is 0 Å². The Kier molecular flexibility index (Phi) is 4.14. The van der Waals surface area contributed by atoms with Gasteiger partial charge in [-0.2, -0.15) is 5.10 Å². The van der Waals surface area contributed by atoms with Gasteiger partial charge in [-0.15, -0.1) is 0 Å². The molecule has 0 spiro atoms. The monoisotopic (exact) mass is 339 g/mol. The molecule has 1 aliphatic rings. The average Bonchev–Trinajstić information content (AvgIpc) is 3.09. The number of hydrogen-bond donors (Lipinski definition) is 2. The zero-order valence-corrected chi connectivity index (χ0v) is 13.6. The van der Waals surface area contributed by atoms with Gasteiger partial charge in [0.1, 0.15) is 17.3 Å². The average molecular weight is 339 g/mol. The fraction of sp³-hybridized carbons (Fsp3) is 0.357. The smallest absolute Gasteiger partial charge is 0.244 e. The largest absolute Gasteiger partial charge is 0.492 e. The van der Waals surface area contributed by atoms with Crippen LogP contribution < -0.4 is 18.9 Å². The van der Waals surface area contributed by atoms with Crippen LogP contribution in [0.25, 0.3) is 0 Å². The molecule has 0 saturated carbocycles. The molecule has 9 heteroatoms. The second-order valence-electron chi connectivity index (χ2n) is 5.02. The predicted molar refractivity (Wildman–Crippen MR) is 81.3 cm³/mol. The molecule has 0 radical (unpaired) electrons. The lowest BCUT2D eigenvalue weighted by atomic mass is 10.3. The van der Waals surface area contributed by atoms with Crippen molar-refractivity contribution < 1.29 is 22.6 Å². The lowest BCUT2D eigenvalue weighted by Crippen LogP contribution is -2.29. The zero-order valence-electron chi connectivity index (χ0n) is 12.8. The Balaban J connectivity index is 1.55. The van der Waals surface area contributed by atoms with Gasteiger partial charge in [-0.1, -0.05) is 0 Å². The summed E-state index contributed by atoms with van der Waals surface area (Å²) in [6.45, 7) is 3.83. The van der Waals surface area contributed by atoms with E-state index in [4.69, 9.17) is 14.2 Å². The van der Waals surface area contributed by atoms with E-state index in [1.165, 1.54) is 0 Å². The number of nitrogens with one attached hydrogen (secondary N) is 2. The molecule has 2 N–H and O–H groups in total. The number of aromatic amines is 1. The summed E-state index contributed by atoms with van der Waals surface area (Å²) in [4.78, 5) is 0.181. The first-order valence-electron chi connectivity index (χ1n) is 7.01. The SMILES string of the molecule is Cc1n[nH]c(C)c1S(=O)(=O)NCCOc1ccc2c(c1)OCO2. The molecule has 2 heterocycles. The molecule has 2 aromatic rings. The maximum atomic E-state index is 12.2. The van der Waals surface area contributed by atoms with E-state index in [1.807, 2.05) is 0 Å². The second kappa shape index (κ2) is 6.09. The standard InChI is InChI=1S/C14H17N3O5S/c1-9-14(10(2)17-16-9)23(18,19)15-5-6-20-11-3-4-12-13(7-11)22-8-21-12/h3-4,7,15H,5-6,8H2,1-2H3,(H,16,17). The molecule has 3 rings (SSSR count). The Morgan fingerprint density at radius 1 is 1.30 bits per heavy atom. The van der Waals surface area contributed by atoms with Crippen LogP contribution in [0.15, 0.2) is 23.1 Å². The minimum absolute atomic E-state index is 0.140. The quantitative estimate of drug-likeness (QED) is 0.765. The first-order chi connectivity index (χ1) is 11.0. The zero-order chi connectivity index (χ0) is 16.4. The van der Waals surface area contributed by atoms with Crippen LogP contribution in [0.2, 0.25) is 0 Å². The number of fused-ring (bicyclic) bond motifs is 1. The second-order valence-corrected chi connectivity index (χ2v) is 6.73. The van der Waals surface area contributed by atoms with Gasteiger partial charge in [0.25, 0.3) is 0 Å². The van der Waals surface area contributed by atoms with Crippen molar-refractivity contribution in [1.82, 2.24) is 14.9 Å². The summed E-state index contributed by atoms with van der Waals surface area (Å²) in [5.41, 5.74) is 0.943. The summed E-state index contributed by atoms with van der Waals surface area (Å²) in [5, 5.41) is 6.55. The summed E-state index contributed by atoms with van der Waals surface area (Å²) < 4.78 is 42.9. The Morgan fingerprint density at radius 3 is 2.83 bits per heavy atom. The fourth-order valence-corrected chi connectivity index (χ4v) is 3.70. The summed E-state index contributed by atoms with van der Waals surface area (Å²) in [7, 11) is -3.61. The van der Waals surface area contributed by atoms with E-state index in [1.54, 1.807) is 32.0 Å². The number of hydrogen-bond acceptors (Lipinski definition) is 6. The molecule has 1 aromatic heterocycles. The van der Waals surface area contributed by atoms with Gasteiger partial charge in [-0.25, -0.2) is 13.1 Å². The maximum absolute atomic E-state index is 12.2. The number of aromatic nitrogens is 2. The van der Waals surface area contributed by atoms with E-state index < -0.39 is 10.0 Å². The minimum Gasteiger partial charge on any atom is -0.492 e. The van der Waals surface area contributed by atoms with Crippen LogP contribution in [0, 0.1) is 13.8 Å². The molecular weight excluding hydrogens is 322 g/mol. The first-order valence-corrected chi connectivity index (χ1v) is 8.49. The lowest BCUT2D eigenvalue weighted by Gasteiger charge is -2.09. The van der Waals surface area contributed by atoms with Crippen molar-refractivity contribution in [2.24, 2.45) is 0 Å². The highest BCUT2D eigenvalue weighted by Crippen LogP contribution is 2.34. The van der Waals surface area contributed by atoms with Gasteiger partial charge in [0.05, 0.1) is 11.4 Å². The summed E-state index contributed by atoms with van der Waals surface area (Å²) in [5.74, 6) is 1.88. The van der Waals surface area contributed by atoms with Gasteiger partial charge in [0, 0.05) is 12.6 Å². The fourth-order valence-electron chi connectivity index (χ4n) is 2.32. The van der Waals surface area contributed by atoms with Gasteiger partial charge in [-0.05, 0) is 26.0 Å². The minimum atomic E-state index is -3.61. The van der Waals surface area contributed by atoms with Crippen LogP contribution in [0.4, 0.5) is 0 Å². The molecule has 23 heavy (non-hydrogen) atoms. The molecule has 0 saturated heterocycles. The van der Waals surface area contributed by atoms with Crippen molar-refractivity contribution in [3.8, 4) is 17.2 Å². The third-order valence-electron chi connectivity index (χ3n) is 3.34. The number of aryl methyl sites for hydroxylation is 2. The Morgan fingerprint density at radius 2 is 2.09 bits per heavy atom. The first kappa shape index (κ1) is 15.6. The molecule has 0 amide bonds. The highest BCUT2D eigenvalue weighted by molar-refractivity contribution is 7.89. The number of nitrogens with zero attached hydrogens (tertiary/aromatic N) is 1. The topological polar surface area (TPSA) is 103 Å². The third-order valence-corrected chi connectivity index (χ3v) is 5.06. The Labute approximate surface area is 133 Å². The number of sulfonamides is 1. The van der Waals surface area contributed by atoms with Crippen LogP contribution in [0.1, 0.15) is 11.4 Å². The van der Waals surface area contributed by atoms with Crippen LogP contribution in [0.3, 0.4) is 0 Å². The van der Waals surface area contributed by atoms with Crippen LogP contribution in [-0.4, -0.2) is 38.6 Å². The molecule has 124 valence electrons. The summed E-state index contributed by atoms with van der Waals surface area (Å²) in [6, 6.07) is 5.20. The van der Waals surface area contributed by atoms with Crippen molar-refractivity contribution in [2.75, 3.05) is 19.9 Å². The molecule has 8 nitrogen and oxygen atoms in total. The molecule has 1 aliphatic heterocycles. The van der Waals surface area contributed by atoms with Gasteiger partial charge in [-0.3, -0.25) is 5.10 Å². The van der Waals surface area contributed by atoms with Crippen LogP contribution in [0.5, 0.6) is 17.2 Å². The number of benzene rings is 1. The molecule has 0 fully saturated rings. The molecule has 0 atom stereocenters. The summed E-state index contributed by atoms with van der Waals surface area (Å²) >= 11 is 0. The van der Waals surface area contributed by atoms with Gasteiger partial charge in [0.2, 0.25) is 16.8 Å². The number of rotatable bonds is 6. The van der Waals surface area contributed by atoms with Crippen molar-refractivity contribution >= 4 is 10.0 Å². The Hall–Kier alpha value is -2.26. The van der Waals surface area contributed by atoms with Gasteiger partial charge in [0.15, 0.2) is 11.5 Å². The molecule has 0 aliphatic carbocycles. The van der Waals surface area contributed by atoms with Crippen molar-refractivity contribution in [3.05, 3.63) is 29.6 Å². The summed E-state index contributed by atoms with van der Waals surface area (Å²) in [6.07, 6.45) is 0. The van der Waals surface area contributed by atoms with Gasteiger partial charge < -0.3 is 14.2 Å². The molecular formula is C14H17N3O5S. The number of H-pyrrole nitrogens is 1.